The van der Waals surface area contributed by atoms with Gasteiger partial charge in [0.15, 0.2) is 11.4 Å². The molecule has 8 heteroatoms. The van der Waals surface area contributed by atoms with E-state index in [1.54, 1.807) is 6.07 Å². The van der Waals surface area contributed by atoms with E-state index in [1.165, 1.54) is 24.3 Å². The second-order valence-corrected chi connectivity index (χ2v) is 8.67. The van der Waals surface area contributed by atoms with Gasteiger partial charge in [-0.1, -0.05) is 38.4 Å². The van der Waals surface area contributed by atoms with Crippen molar-refractivity contribution in [2.24, 2.45) is 0 Å². The zero-order valence-electron chi connectivity index (χ0n) is 13.8. The van der Waals surface area contributed by atoms with Crippen LogP contribution in [-0.4, -0.2) is 13.4 Å². The van der Waals surface area contributed by atoms with Crippen LogP contribution in [0.1, 0.15) is 26.7 Å². The van der Waals surface area contributed by atoms with E-state index in [1.807, 2.05) is 20.8 Å². The quantitative estimate of drug-likeness (QED) is 0.711. The molecule has 0 saturated heterocycles. The van der Waals surface area contributed by atoms with Gasteiger partial charge in [0.05, 0.1) is 10.7 Å². The molecule has 25 heavy (non-hydrogen) atoms. The van der Waals surface area contributed by atoms with E-state index in [0.717, 1.165) is 6.07 Å². The predicted octanol–water partition coefficient (Wildman–Crippen LogP) is 4.72. The minimum absolute atomic E-state index is 0.251. The van der Waals surface area contributed by atoms with Gasteiger partial charge in [-0.2, -0.15) is 0 Å². The van der Waals surface area contributed by atoms with E-state index in [2.05, 4.69) is 9.71 Å². The van der Waals surface area contributed by atoms with Gasteiger partial charge in [0, 0.05) is 5.41 Å². The molecule has 0 aliphatic carbocycles. The molecule has 3 aromatic rings. The minimum atomic E-state index is -4.12. The summed E-state index contributed by atoms with van der Waals surface area (Å²) in [5.74, 6) is -0.447. The van der Waals surface area contributed by atoms with Crippen molar-refractivity contribution in [3.8, 4) is 0 Å². The first-order chi connectivity index (χ1) is 11.6. The highest BCUT2D eigenvalue weighted by atomic mass is 35.5. The van der Waals surface area contributed by atoms with E-state index in [4.69, 9.17) is 16.0 Å². The molecule has 0 radical (unpaired) electrons. The highest BCUT2D eigenvalue weighted by Gasteiger charge is 2.23. The number of fused-ring (bicyclic) bond motifs is 1. The van der Waals surface area contributed by atoms with Crippen molar-refractivity contribution in [2.45, 2.75) is 31.1 Å². The Labute approximate surface area is 149 Å². The number of nitrogens with zero attached hydrogens (tertiary/aromatic N) is 1. The number of nitrogens with one attached hydrogen (secondary N) is 1. The van der Waals surface area contributed by atoms with Crippen molar-refractivity contribution in [1.82, 2.24) is 4.98 Å². The van der Waals surface area contributed by atoms with Gasteiger partial charge >= 0.3 is 0 Å². The first kappa shape index (κ1) is 17.7. The number of benzene rings is 2. The summed E-state index contributed by atoms with van der Waals surface area (Å²) in [4.78, 5) is 3.86. The Kier molecular flexibility index (Phi) is 4.25. The third-order valence-electron chi connectivity index (χ3n) is 3.49. The summed E-state index contributed by atoms with van der Waals surface area (Å²) >= 11 is 5.66. The van der Waals surface area contributed by atoms with Crippen molar-refractivity contribution in [2.75, 3.05) is 4.72 Å². The molecule has 1 N–H and O–H groups in total. The summed E-state index contributed by atoms with van der Waals surface area (Å²) in [5.41, 5.74) is 1.03. The summed E-state index contributed by atoms with van der Waals surface area (Å²) in [7, 11) is -4.12. The average Bonchev–Trinajstić information content (AvgIpc) is 2.93. The number of rotatable bonds is 3. The molecule has 1 aromatic heterocycles. The summed E-state index contributed by atoms with van der Waals surface area (Å²) < 4.78 is 46.9. The molecule has 0 unspecified atom stereocenters. The molecule has 0 spiro atoms. The number of hydrogen-bond donors (Lipinski definition) is 1. The zero-order chi connectivity index (χ0) is 18.4. The Bertz CT molecular complexity index is 1060. The van der Waals surface area contributed by atoms with Crippen molar-refractivity contribution in [3.63, 3.8) is 0 Å². The van der Waals surface area contributed by atoms with Crippen LogP contribution in [0.5, 0.6) is 0 Å². The fraction of sp³-hybridized carbons (Fsp3) is 0.235. The first-order valence-corrected chi connectivity index (χ1v) is 9.32. The summed E-state index contributed by atoms with van der Waals surface area (Å²) in [6.07, 6.45) is 0. The number of halogens is 2. The van der Waals surface area contributed by atoms with Crippen LogP contribution in [0.2, 0.25) is 5.02 Å². The van der Waals surface area contributed by atoms with E-state index in [0.29, 0.717) is 17.0 Å². The lowest BCUT2D eigenvalue weighted by molar-refractivity contribution is 0.411. The van der Waals surface area contributed by atoms with Gasteiger partial charge in [0.1, 0.15) is 10.4 Å². The lowest BCUT2D eigenvalue weighted by Crippen LogP contribution is -2.14. The summed E-state index contributed by atoms with van der Waals surface area (Å²) in [5, 5.41) is -0.260. The molecule has 132 valence electrons. The van der Waals surface area contributed by atoms with Crippen LogP contribution in [0.3, 0.4) is 0 Å². The van der Waals surface area contributed by atoms with Gasteiger partial charge in [0.25, 0.3) is 10.0 Å². The van der Waals surface area contributed by atoms with Crippen LogP contribution in [0.15, 0.2) is 45.7 Å². The maximum Gasteiger partial charge on any atom is 0.264 e. The van der Waals surface area contributed by atoms with Crippen molar-refractivity contribution >= 4 is 38.4 Å². The molecule has 0 saturated carbocycles. The number of sulfonamides is 1. The Morgan fingerprint density at radius 2 is 1.92 bits per heavy atom. The monoisotopic (exact) mass is 382 g/mol. The second kappa shape index (κ2) is 6.00. The van der Waals surface area contributed by atoms with Gasteiger partial charge in [0.2, 0.25) is 5.89 Å². The Hall–Kier alpha value is -2.12. The Balaban J connectivity index is 1.98. The molecule has 0 fully saturated rings. The van der Waals surface area contributed by atoms with Crippen LogP contribution in [-0.2, 0) is 15.4 Å². The minimum Gasteiger partial charge on any atom is -0.440 e. The molecule has 0 aliphatic heterocycles. The highest BCUT2D eigenvalue weighted by molar-refractivity contribution is 7.92. The van der Waals surface area contributed by atoms with E-state index >= 15 is 0 Å². The standard InChI is InChI=1S/C17H16ClFN2O3S/c1-17(2,3)16-20-12-9-10(7-8-13(12)24-16)21-25(22,23)14-6-4-5-11(18)15(14)19/h4-9,21H,1-3H3. The molecule has 1 heterocycles. The van der Waals surface area contributed by atoms with Gasteiger partial charge < -0.3 is 4.42 Å². The number of oxazole rings is 1. The summed E-state index contributed by atoms with van der Waals surface area (Å²) in [6, 6.07) is 8.48. The number of hydrogen-bond acceptors (Lipinski definition) is 4. The van der Waals surface area contributed by atoms with Crippen LogP contribution < -0.4 is 4.72 Å². The molecule has 0 aliphatic rings. The number of anilines is 1. The first-order valence-electron chi connectivity index (χ1n) is 7.46. The molecule has 2 aromatic carbocycles. The molecule has 0 amide bonds. The predicted molar refractivity (Wildman–Crippen MR) is 94.9 cm³/mol. The second-order valence-electron chi connectivity index (χ2n) is 6.61. The SMILES string of the molecule is CC(C)(C)c1nc2cc(NS(=O)(=O)c3cccc(Cl)c3F)ccc2o1. The van der Waals surface area contributed by atoms with Crippen LogP contribution in [0, 0.1) is 5.82 Å². The fourth-order valence-electron chi connectivity index (χ4n) is 2.21. The van der Waals surface area contributed by atoms with Gasteiger partial charge in [-0.25, -0.2) is 17.8 Å². The number of aromatic nitrogens is 1. The molecule has 0 atom stereocenters. The molecule has 3 rings (SSSR count). The van der Waals surface area contributed by atoms with E-state index in [-0.39, 0.29) is 16.1 Å². The van der Waals surface area contributed by atoms with E-state index < -0.39 is 20.7 Å². The Morgan fingerprint density at radius 3 is 2.60 bits per heavy atom. The van der Waals surface area contributed by atoms with Crippen LogP contribution in [0.25, 0.3) is 11.1 Å². The normalized spacial score (nSPS) is 12.5. The van der Waals surface area contributed by atoms with Crippen molar-refractivity contribution in [1.29, 1.82) is 0 Å². The molecule has 0 bridgehead atoms. The van der Waals surface area contributed by atoms with E-state index in [9.17, 15) is 12.8 Å². The molecule has 5 nitrogen and oxygen atoms in total. The molecular formula is C17H16ClFN2O3S. The Morgan fingerprint density at radius 1 is 1.20 bits per heavy atom. The van der Waals surface area contributed by atoms with Crippen molar-refractivity contribution < 1.29 is 17.2 Å². The fourth-order valence-corrected chi connectivity index (χ4v) is 3.59. The van der Waals surface area contributed by atoms with Crippen molar-refractivity contribution in [3.05, 3.63) is 53.1 Å². The maximum absolute atomic E-state index is 14.0. The lowest BCUT2D eigenvalue weighted by Gasteiger charge is -2.11. The smallest absolute Gasteiger partial charge is 0.264 e. The zero-order valence-corrected chi connectivity index (χ0v) is 15.4. The topological polar surface area (TPSA) is 72.2 Å². The van der Waals surface area contributed by atoms with Crippen LogP contribution in [0.4, 0.5) is 10.1 Å². The average molecular weight is 383 g/mol. The highest BCUT2D eigenvalue weighted by Crippen LogP contribution is 2.29. The summed E-state index contributed by atoms with van der Waals surface area (Å²) in [6.45, 7) is 5.88. The largest absolute Gasteiger partial charge is 0.440 e. The molecular weight excluding hydrogens is 367 g/mol. The van der Waals surface area contributed by atoms with Gasteiger partial charge in [-0.15, -0.1) is 0 Å². The lowest BCUT2D eigenvalue weighted by atomic mass is 9.97. The van der Waals surface area contributed by atoms with Crippen LogP contribution >= 0.6 is 11.6 Å². The third-order valence-corrected chi connectivity index (χ3v) is 5.18. The van der Waals surface area contributed by atoms with Gasteiger partial charge in [-0.3, -0.25) is 4.72 Å². The van der Waals surface area contributed by atoms with Gasteiger partial charge in [-0.05, 0) is 30.3 Å². The maximum atomic E-state index is 14.0. The third kappa shape index (κ3) is 3.48.